The molecule has 2 heterocycles. The van der Waals surface area contributed by atoms with Gasteiger partial charge >= 0.3 is 0 Å². The van der Waals surface area contributed by atoms with Gasteiger partial charge < -0.3 is 10.2 Å². The van der Waals surface area contributed by atoms with E-state index in [0.29, 0.717) is 5.02 Å². The zero-order valence-electron chi connectivity index (χ0n) is 9.81. The number of fused-ring (bicyclic) bond motifs is 1. The van der Waals surface area contributed by atoms with Crippen molar-refractivity contribution < 1.29 is 4.79 Å². The van der Waals surface area contributed by atoms with Crippen LogP contribution in [-0.2, 0) is 4.79 Å². The number of rotatable bonds is 2. The summed E-state index contributed by atoms with van der Waals surface area (Å²) in [6.45, 7) is 0.799. The number of benzene rings is 1. The van der Waals surface area contributed by atoms with Gasteiger partial charge in [0.15, 0.2) is 5.13 Å². The highest BCUT2D eigenvalue weighted by molar-refractivity contribution is 7.22. The molecule has 0 bridgehead atoms. The first-order valence-electron chi connectivity index (χ1n) is 5.71. The summed E-state index contributed by atoms with van der Waals surface area (Å²) in [7, 11) is 1.82. The molecule has 0 saturated carbocycles. The summed E-state index contributed by atoms with van der Waals surface area (Å²) in [4.78, 5) is 18.0. The van der Waals surface area contributed by atoms with Crippen molar-refractivity contribution in [3.8, 4) is 0 Å². The number of hydrogen-bond donors (Lipinski definition) is 1. The molecule has 0 spiro atoms. The van der Waals surface area contributed by atoms with Gasteiger partial charge in [0.05, 0.1) is 10.2 Å². The van der Waals surface area contributed by atoms with Crippen LogP contribution in [0.25, 0.3) is 10.2 Å². The number of likely N-dealkylation sites (N-methyl/N-ethyl adjacent to an activating group) is 1. The molecule has 1 atom stereocenters. The lowest BCUT2D eigenvalue weighted by Gasteiger charge is -2.10. The first-order valence-corrected chi connectivity index (χ1v) is 6.90. The summed E-state index contributed by atoms with van der Waals surface area (Å²) < 4.78 is 1.03. The largest absolute Gasteiger partial charge is 0.350 e. The first-order chi connectivity index (χ1) is 8.63. The van der Waals surface area contributed by atoms with Gasteiger partial charge in [-0.05, 0) is 24.6 Å². The van der Waals surface area contributed by atoms with E-state index >= 15 is 0 Å². The van der Waals surface area contributed by atoms with Gasteiger partial charge in [0.25, 0.3) is 0 Å². The number of aromatic nitrogens is 1. The van der Waals surface area contributed by atoms with Gasteiger partial charge in [-0.25, -0.2) is 4.98 Å². The van der Waals surface area contributed by atoms with Crippen molar-refractivity contribution in [3.63, 3.8) is 0 Å². The number of carbonyl (C=O) groups excluding carboxylic acids is 1. The van der Waals surface area contributed by atoms with Gasteiger partial charge in [-0.2, -0.15) is 0 Å². The second-order valence-electron chi connectivity index (χ2n) is 4.38. The van der Waals surface area contributed by atoms with Crippen molar-refractivity contribution in [1.29, 1.82) is 0 Å². The van der Waals surface area contributed by atoms with Gasteiger partial charge in [-0.1, -0.05) is 22.9 Å². The minimum atomic E-state index is -0.147. The molecule has 1 aromatic carbocycles. The Balaban J connectivity index is 1.85. The first kappa shape index (κ1) is 11.7. The molecule has 4 nitrogen and oxygen atoms in total. The number of anilines is 1. The van der Waals surface area contributed by atoms with Crippen LogP contribution in [-0.4, -0.2) is 35.4 Å². The molecule has 18 heavy (non-hydrogen) atoms. The zero-order chi connectivity index (χ0) is 12.7. The maximum atomic E-state index is 11.8. The Morgan fingerprint density at radius 3 is 3.11 bits per heavy atom. The second-order valence-corrected chi connectivity index (χ2v) is 5.84. The van der Waals surface area contributed by atoms with Crippen molar-refractivity contribution in [1.82, 2.24) is 9.88 Å². The smallest absolute Gasteiger partial charge is 0.244 e. The van der Waals surface area contributed by atoms with Crippen molar-refractivity contribution >= 4 is 44.2 Å². The van der Waals surface area contributed by atoms with Crippen LogP contribution in [0.5, 0.6) is 0 Å². The van der Waals surface area contributed by atoms with Crippen molar-refractivity contribution in [3.05, 3.63) is 23.2 Å². The second kappa shape index (κ2) is 4.40. The minimum absolute atomic E-state index is 0.132. The fourth-order valence-electron chi connectivity index (χ4n) is 2.07. The van der Waals surface area contributed by atoms with E-state index in [1.807, 2.05) is 25.2 Å². The Morgan fingerprint density at radius 1 is 1.56 bits per heavy atom. The quantitative estimate of drug-likeness (QED) is 0.920. The van der Waals surface area contributed by atoms with Gasteiger partial charge in [-0.15, -0.1) is 0 Å². The fraction of sp³-hybridized carbons (Fsp3) is 0.333. The monoisotopic (exact) mass is 281 g/mol. The Hall–Kier alpha value is -1.33. The van der Waals surface area contributed by atoms with E-state index < -0.39 is 0 Å². The normalized spacial score (nSPS) is 19.8. The molecule has 2 aromatic rings. The highest BCUT2D eigenvalue weighted by Crippen LogP contribution is 2.29. The lowest BCUT2D eigenvalue weighted by Crippen LogP contribution is -2.30. The maximum Gasteiger partial charge on any atom is 0.244 e. The molecule has 1 N–H and O–H groups in total. The molecule has 94 valence electrons. The summed E-state index contributed by atoms with van der Waals surface area (Å²) >= 11 is 7.46. The van der Waals surface area contributed by atoms with Crippen LogP contribution in [0.15, 0.2) is 18.2 Å². The van der Waals surface area contributed by atoms with Crippen molar-refractivity contribution in [2.75, 3.05) is 18.9 Å². The third-order valence-corrected chi connectivity index (χ3v) is 4.26. The van der Waals surface area contributed by atoms with Gasteiger partial charge in [0.2, 0.25) is 5.91 Å². The predicted molar refractivity (Wildman–Crippen MR) is 74.3 cm³/mol. The number of thiazole rings is 1. The summed E-state index contributed by atoms with van der Waals surface area (Å²) in [6, 6.07) is 5.46. The van der Waals surface area contributed by atoms with Crippen LogP contribution in [0, 0.1) is 0 Å². The zero-order valence-corrected chi connectivity index (χ0v) is 11.4. The third kappa shape index (κ3) is 2.04. The van der Waals surface area contributed by atoms with Gasteiger partial charge in [0.1, 0.15) is 6.04 Å². The summed E-state index contributed by atoms with van der Waals surface area (Å²) in [5, 5.41) is 4.68. The summed E-state index contributed by atoms with van der Waals surface area (Å²) in [5.74, 6) is 0.132. The Morgan fingerprint density at radius 2 is 2.39 bits per heavy atom. The molecular formula is C12H12ClN3OS. The number of nitrogens with one attached hydrogen (secondary N) is 1. The molecule has 1 aromatic heterocycles. The number of carbonyl (C=O) groups is 1. The van der Waals surface area contributed by atoms with E-state index in [1.54, 1.807) is 4.90 Å². The highest BCUT2D eigenvalue weighted by atomic mass is 35.5. The third-order valence-electron chi connectivity index (χ3n) is 3.08. The number of nitrogens with zero attached hydrogens (tertiary/aromatic N) is 2. The van der Waals surface area contributed by atoms with Crippen LogP contribution in [0.2, 0.25) is 5.02 Å². The average Bonchev–Trinajstić information content (AvgIpc) is 2.86. The van der Waals surface area contributed by atoms with E-state index in [9.17, 15) is 4.79 Å². The van der Waals surface area contributed by atoms with Crippen LogP contribution >= 0.6 is 22.9 Å². The minimum Gasteiger partial charge on any atom is -0.350 e. The predicted octanol–water partition coefficient (Wildman–Crippen LogP) is 2.59. The molecular weight excluding hydrogens is 270 g/mol. The molecule has 6 heteroatoms. The van der Waals surface area contributed by atoms with E-state index in [4.69, 9.17) is 11.6 Å². The Bertz CT molecular complexity index is 612. The van der Waals surface area contributed by atoms with E-state index in [-0.39, 0.29) is 11.9 Å². The van der Waals surface area contributed by atoms with E-state index in [1.165, 1.54) is 11.3 Å². The Labute approximate surface area is 114 Å². The SMILES string of the molecule is CN1CCC(Nc2nc3ccc(Cl)cc3s2)C1=O. The molecule has 3 rings (SSSR count). The highest BCUT2D eigenvalue weighted by Gasteiger charge is 2.29. The van der Waals surface area contributed by atoms with E-state index in [2.05, 4.69) is 10.3 Å². The molecule has 1 unspecified atom stereocenters. The molecule has 1 amide bonds. The number of likely N-dealkylation sites (tertiary alicyclic amines) is 1. The topological polar surface area (TPSA) is 45.2 Å². The molecule has 0 aliphatic carbocycles. The van der Waals surface area contributed by atoms with Crippen LogP contribution < -0.4 is 5.32 Å². The van der Waals surface area contributed by atoms with Crippen molar-refractivity contribution in [2.24, 2.45) is 0 Å². The summed E-state index contributed by atoms with van der Waals surface area (Å²) in [5.41, 5.74) is 0.908. The Kier molecular flexibility index (Phi) is 2.87. The maximum absolute atomic E-state index is 11.8. The van der Waals surface area contributed by atoms with Crippen molar-refractivity contribution in [2.45, 2.75) is 12.5 Å². The lowest BCUT2D eigenvalue weighted by molar-refractivity contribution is -0.127. The van der Waals surface area contributed by atoms with Crippen LogP contribution in [0.1, 0.15) is 6.42 Å². The molecule has 0 radical (unpaired) electrons. The molecule has 1 fully saturated rings. The standard InChI is InChI=1S/C12H12ClN3OS/c1-16-5-4-9(11(16)17)15-12-14-8-3-2-7(13)6-10(8)18-12/h2-3,6,9H,4-5H2,1H3,(H,14,15). The van der Waals surface area contributed by atoms with Gasteiger partial charge in [0, 0.05) is 18.6 Å². The molecule has 1 saturated heterocycles. The van der Waals surface area contributed by atoms with Crippen LogP contribution in [0.3, 0.4) is 0 Å². The number of hydrogen-bond acceptors (Lipinski definition) is 4. The molecule has 1 aliphatic rings. The lowest BCUT2D eigenvalue weighted by atomic mass is 10.2. The number of halogens is 1. The van der Waals surface area contributed by atoms with Crippen LogP contribution in [0.4, 0.5) is 5.13 Å². The number of amides is 1. The average molecular weight is 282 g/mol. The van der Waals surface area contributed by atoms with E-state index in [0.717, 1.165) is 28.3 Å². The summed E-state index contributed by atoms with van der Waals surface area (Å²) in [6.07, 6.45) is 0.825. The fourth-order valence-corrected chi connectivity index (χ4v) is 3.26. The van der Waals surface area contributed by atoms with Gasteiger partial charge in [-0.3, -0.25) is 4.79 Å². The molecule has 1 aliphatic heterocycles.